The van der Waals surface area contributed by atoms with Gasteiger partial charge in [-0.2, -0.15) is 0 Å². The molecule has 0 aliphatic carbocycles. The van der Waals surface area contributed by atoms with Gasteiger partial charge in [0, 0.05) is 23.4 Å². The average Bonchev–Trinajstić information content (AvgIpc) is 2.54. The van der Waals surface area contributed by atoms with Crippen LogP contribution >= 0.6 is 0 Å². The molecule has 0 unspecified atom stereocenters. The molecule has 5 heteroatoms. The molecule has 0 aromatic heterocycles. The Morgan fingerprint density at radius 2 is 1.91 bits per heavy atom. The van der Waals surface area contributed by atoms with Crippen molar-refractivity contribution in [2.24, 2.45) is 0 Å². The van der Waals surface area contributed by atoms with E-state index in [1.54, 1.807) is 30.3 Å². The third-order valence-corrected chi connectivity index (χ3v) is 3.85. The molecule has 2 aromatic rings. The molecule has 0 spiro atoms. The number of amides is 2. The van der Waals surface area contributed by atoms with E-state index in [1.807, 2.05) is 18.2 Å². The van der Waals surface area contributed by atoms with E-state index in [1.165, 1.54) is 6.92 Å². The lowest BCUT2D eigenvalue weighted by atomic mass is 9.89. The van der Waals surface area contributed by atoms with E-state index in [2.05, 4.69) is 10.6 Å². The number of anilines is 2. The lowest BCUT2D eigenvalue weighted by Gasteiger charge is -2.24. The fourth-order valence-corrected chi connectivity index (χ4v) is 2.69. The molecule has 1 heterocycles. The fraction of sp³-hybridized carbons (Fsp3) is 0.167. The minimum atomic E-state index is -0.541. The largest absolute Gasteiger partial charge is 0.326 e. The van der Waals surface area contributed by atoms with Gasteiger partial charge in [0.05, 0.1) is 5.92 Å². The Hall–Kier alpha value is -2.95. The van der Waals surface area contributed by atoms with E-state index in [9.17, 15) is 14.4 Å². The van der Waals surface area contributed by atoms with Crippen LogP contribution < -0.4 is 10.6 Å². The van der Waals surface area contributed by atoms with Crippen molar-refractivity contribution in [3.8, 4) is 0 Å². The molecule has 1 aliphatic rings. The van der Waals surface area contributed by atoms with Crippen molar-refractivity contribution in [2.45, 2.75) is 19.3 Å². The van der Waals surface area contributed by atoms with Crippen LogP contribution in [0.15, 0.2) is 48.5 Å². The van der Waals surface area contributed by atoms with Crippen LogP contribution in [0.1, 0.15) is 35.2 Å². The highest BCUT2D eigenvalue weighted by atomic mass is 16.2. The summed E-state index contributed by atoms with van der Waals surface area (Å²) in [4.78, 5) is 35.8. The van der Waals surface area contributed by atoms with Crippen molar-refractivity contribution < 1.29 is 14.4 Å². The molecule has 1 atom stereocenters. The van der Waals surface area contributed by atoms with E-state index >= 15 is 0 Å². The molecule has 0 saturated carbocycles. The van der Waals surface area contributed by atoms with Gasteiger partial charge in [-0.25, -0.2) is 0 Å². The van der Waals surface area contributed by atoms with Crippen LogP contribution in [-0.4, -0.2) is 17.6 Å². The number of hydrogen-bond donors (Lipinski definition) is 2. The maximum atomic E-state index is 12.6. The highest BCUT2D eigenvalue weighted by molar-refractivity contribution is 6.05. The molecule has 116 valence electrons. The number of carbonyl (C=O) groups excluding carboxylic acids is 3. The lowest BCUT2D eigenvalue weighted by molar-refractivity contribution is -0.123. The monoisotopic (exact) mass is 308 g/mol. The maximum absolute atomic E-state index is 12.6. The number of fused-ring (bicyclic) bond motifs is 1. The van der Waals surface area contributed by atoms with Gasteiger partial charge in [-0.05, 0) is 30.7 Å². The van der Waals surface area contributed by atoms with Gasteiger partial charge < -0.3 is 10.6 Å². The van der Waals surface area contributed by atoms with E-state index in [0.717, 1.165) is 5.56 Å². The fourth-order valence-electron chi connectivity index (χ4n) is 2.69. The first-order valence-corrected chi connectivity index (χ1v) is 7.35. The van der Waals surface area contributed by atoms with Gasteiger partial charge in [-0.15, -0.1) is 0 Å². The lowest BCUT2D eigenvalue weighted by Crippen LogP contribution is -2.30. The number of ketones is 1. The Labute approximate surface area is 133 Å². The first-order chi connectivity index (χ1) is 11.0. The molecular weight excluding hydrogens is 292 g/mol. The Kier molecular flexibility index (Phi) is 3.93. The van der Waals surface area contributed by atoms with Crippen LogP contribution in [0.4, 0.5) is 11.4 Å². The number of carbonyl (C=O) groups is 3. The van der Waals surface area contributed by atoms with Gasteiger partial charge in [-0.3, -0.25) is 14.4 Å². The number of para-hydroxylation sites is 1. The van der Waals surface area contributed by atoms with E-state index in [0.29, 0.717) is 16.9 Å². The van der Waals surface area contributed by atoms with E-state index < -0.39 is 5.92 Å². The summed E-state index contributed by atoms with van der Waals surface area (Å²) in [5, 5.41) is 5.57. The predicted octanol–water partition coefficient (Wildman–Crippen LogP) is 2.95. The quantitative estimate of drug-likeness (QED) is 0.856. The van der Waals surface area contributed by atoms with Gasteiger partial charge in [0.2, 0.25) is 11.8 Å². The van der Waals surface area contributed by atoms with E-state index in [-0.39, 0.29) is 24.0 Å². The van der Waals surface area contributed by atoms with Crippen molar-refractivity contribution in [3.63, 3.8) is 0 Å². The first kappa shape index (κ1) is 15.0. The predicted molar refractivity (Wildman–Crippen MR) is 87.5 cm³/mol. The second-order valence-electron chi connectivity index (χ2n) is 5.52. The normalized spacial score (nSPS) is 16.2. The molecule has 3 rings (SSSR count). The summed E-state index contributed by atoms with van der Waals surface area (Å²) in [6, 6.07) is 14.0. The van der Waals surface area contributed by atoms with Crippen molar-refractivity contribution >= 4 is 29.0 Å². The van der Waals surface area contributed by atoms with E-state index in [4.69, 9.17) is 0 Å². The SMILES string of the molecule is CC(=O)c1cccc(NC(=O)[C@@H]2CC(=O)Nc3ccccc32)c1. The van der Waals surface area contributed by atoms with Crippen molar-refractivity contribution in [1.29, 1.82) is 0 Å². The topological polar surface area (TPSA) is 75.3 Å². The second-order valence-corrected chi connectivity index (χ2v) is 5.52. The van der Waals surface area contributed by atoms with Crippen LogP contribution in [0.25, 0.3) is 0 Å². The minimum absolute atomic E-state index is 0.0662. The average molecular weight is 308 g/mol. The number of benzene rings is 2. The van der Waals surface area contributed by atoms with Crippen molar-refractivity contribution in [3.05, 3.63) is 59.7 Å². The summed E-state index contributed by atoms with van der Waals surface area (Å²) >= 11 is 0. The Balaban J connectivity index is 1.85. The Bertz CT molecular complexity index is 798. The smallest absolute Gasteiger partial charge is 0.232 e. The number of Topliss-reactive ketones (excluding diaryl/α,β-unsaturated/α-hetero) is 1. The van der Waals surface area contributed by atoms with Gasteiger partial charge in [0.25, 0.3) is 0 Å². The summed E-state index contributed by atoms with van der Waals surface area (Å²) in [6.45, 7) is 1.47. The molecule has 0 bridgehead atoms. The maximum Gasteiger partial charge on any atom is 0.232 e. The molecule has 0 radical (unpaired) electrons. The van der Waals surface area contributed by atoms with Gasteiger partial charge in [-0.1, -0.05) is 30.3 Å². The van der Waals surface area contributed by atoms with Crippen LogP contribution in [0.5, 0.6) is 0 Å². The highest BCUT2D eigenvalue weighted by Crippen LogP contribution is 2.32. The van der Waals surface area contributed by atoms with Gasteiger partial charge in [0.15, 0.2) is 5.78 Å². The molecular formula is C18H16N2O3. The zero-order valence-corrected chi connectivity index (χ0v) is 12.6. The molecule has 2 amide bonds. The van der Waals surface area contributed by atoms with Gasteiger partial charge in [0.1, 0.15) is 0 Å². The Morgan fingerprint density at radius 3 is 2.70 bits per heavy atom. The molecule has 0 saturated heterocycles. The standard InChI is InChI=1S/C18H16N2O3/c1-11(21)12-5-4-6-13(9-12)19-18(23)15-10-17(22)20-16-8-3-2-7-14(15)16/h2-9,15H,10H2,1H3,(H,19,23)(H,20,22)/t15-/m1/s1. The summed E-state index contributed by atoms with van der Waals surface area (Å²) in [5.41, 5.74) is 2.55. The molecule has 5 nitrogen and oxygen atoms in total. The third-order valence-electron chi connectivity index (χ3n) is 3.85. The van der Waals surface area contributed by atoms with Crippen LogP contribution in [0.3, 0.4) is 0 Å². The summed E-state index contributed by atoms with van der Waals surface area (Å²) in [6.07, 6.45) is 0.106. The Morgan fingerprint density at radius 1 is 1.13 bits per heavy atom. The first-order valence-electron chi connectivity index (χ1n) is 7.35. The summed E-state index contributed by atoms with van der Waals surface area (Å²) in [7, 11) is 0. The zero-order valence-electron chi connectivity index (χ0n) is 12.6. The van der Waals surface area contributed by atoms with Gasteiger partial charge >= 0.3 is 0 Å². The molecule has 0 fully saturated rings. The number of rotatable bonds is 3. The summed E-state index contributed by atoms with van der Waals surface area (Å²) < 4.78 is 0. The highest BCUT2D eigenvalue weighted by Gasteiger charge is 2.30. The second kappa shape index (κ2) is 6.04. The van der Waals surface area contributed by atoms with Crippen LogP contribution in [-0.2, 0) is 9.59 Å². The van der Waals surface area contributed by atoms with Crippen molar-refractivity contribution in [1.82, 2.24) is 0 Å². The van der Waals surface area contributed by atoms with Crippen LogP contribution in [0.2, 0.25) is 0 Å². The molecule has 23 heavy (non-hydrogen) atoms. The molecule has 2 aromatic carbocycles. The molecule has 1 aliphatic heterocycles. The molecule has 2 N–H and O–H groups in total. The number of nitrogens with one attached hydrogen (secondary N) is 2. The summed E-state index contributed by atoms with van der Waals surface area (Å²) in [5.74, 6) is -1.04. The van der Waals surface area contributed by atoms with Crippen LogP contribution in [0, 0.1) is 0 Å². The third kappa shape index (κ3) is 3.13. The van der Waals surface area contributed by atoms with Crippen molar-refractivity contribution in [2.75, 3.05) is 10.6 Å². The minimum Gasteiger partial charge on any atom is -0.326 e. The zero-order chi connectivity index (χ0) is 16.4. The number of hydrogen-bond acceptors (Lipinski definition) is 3.